The highest BCUT2D eigenvalue weighted by Crippen LogP contribution is 2.15. The monoisotopic (exact) mass is 385 g/mol. The lowest BCUT2D eigenvalue weighted by atomic mass is 10.2. The van der Waals surface area contributed by atoms with Crippen LogP contribution in [0.15, 0.2) is 24.3 Å². The van der Waals surface area contributed by atoms with E-state index in [1.165, 1.54) is 0 Å². The Morgan fingerprint density at radius 2 is 1.81 bits per heavy atom. The minimum absolute atomic E-state index is 0.139. The van der Waals surface area contributed by atoms with Gasteiger partial charge in [0, 0.05) is 13.0 Å². The molecule has 0 aromatic heterocycles. The van der Waals surface area contributed by atoms with E-state index in [0.717, 1.165) is 24.3 Å². The van der Waals surface area contributed by atoms with Crippen molar-refractivity contribution in [3.05, 3.63) is 24.3 Å². The fourth-order valence-electron chi connectivity index (χ4n) is 1.96. The summed E-state index contributed by atoms with van der Waals surface area (Å²) in [6.07, 6.45) is 3.67. The van der Waals surface area contributed by atoms with Crippen LogP contribution < -0.4 is 20.3 Å². The van der Waals surface area contributed by atoms with Crippen molar-refractivity contribution in [2.75, 3.05) is 18.6 Å². The van der Waals surface area contributed by atoms with Gasteiger partial charge in [-0.05, 0) is 57.4 Å². The number of carbonyl (C=O) groups excluding carboxylic acids is 1. The zero-order valence-corrected chi connectivity index (χ0v) is 16.7. The van der Waals surface area contributed by atoms with Gasteiger partial charge in [0.2, 0.25) is 15.9 Å². The molecule has 0 unspecified atom stereocenters. The number of sulfonamides is 1. The molecule has 0 saturated carbocycles. The van der Waals surface area contributed by atoms with Crippen molar-refractivity contribution >= 4 is 21.6 Å². The minimum Gasteiger partial charge on any atom is -0.494 e. The normalized spacial score (nSPS) is 11.4. The molecule has 7 nitrogen and oxygen atoms in total. The van der Waals surface area contributed by atoms with E-state index in [9.17, 15) is 13.2 Å². The Balaban J connectivity index is 2.18. The zero-order chi connectivity index (χ0) is 19.4. The van der Waals surface area contributed by atoms with Crippen LogP contribution in [0, 0.1) is 0 Å². The summed E-state index contributed by atoms with van der Waals surface area (Å²) in [7, 11) is -3.23. The van der Waals surface area contributed by atoms with Gasteiger partial charge in [0.15, 0.2) is 0 Å². The standard InChI is InChI=1S/C18H31N3O4S/c1-4-5-14-25-17-11-9-16(10-12-17)20-21-18(22)8-6-7-13-19-26(23,24)15(2)3/h9-12,15,19-20H,4-8,13-14H2,1-3H3,(H,21,22). The summed E-state index contributed by atoms with van der Waals surface area (Å²) < 4.78 is 31.3. The molecular weight excluding hydrogens is 354 g/mol. The summed E-state index contributed by atoms with van der Waals surface area (Å²) in [6, 6.07) is 7.38. The van der Waals surface area contributed by atoms with Crippen LogP contribution in [0.2, 0.25) is 0 Å². The Kier molecular flexibility index (Phi) is 10.0. The Hall–Kier alpha value is -1.80. The number of carbonyl (C=O) groups is 1. The van der Waals surface area contributed by atoms with Gasteiger partial charge < -0.3 is 4.74 Å². The molecule has 1 rings (SSSR count). The summed E-state index contributed by atoms with van der Waals surface area (Å²) in [5, 5.41) is -0.446. The predicted octanol–water partition coefficient (Wildman–Crippen LogP) is 2.81. The van der Waals surface area contributed by atoms with Gasteiger partial charge in [-0.1, -0.05) is 13.3 Å². The maximum atomic E-state index is 11.8. The van der Waals surface area contributed by atoms with Gasteiger partial charge in [-0.15, -0.1) is 0 Å². The number of unbranched alkanes of at least 4 members (excludes halogenated alkanes) is 2. The first-order chi connectivity index (χ1) is 12.3. The Morgan fingerprint density at radius 3 is 2.42 bits per heavy atom. The van der Waals surface area contributed by atoms with Crippen molar-refractivity contribution in [3.8, 4) is 5.75 Å². The lowest BCUT2D eigenvalue weighted by Crippen LogP contribution is -2.32. The molecule has 0 aliphatic carbocycles. The average molecular weight is 386 g/mol. The lowest BCUT2D eigenvalue weighted by molar-refractivity contribution is -0.120. The summed E-state index contributed by atoms with van der Waals surface area (Å²) in [5.41, 5.74) is 6.25. The molecule has 1 aromatic rings. The SMILES string of the molecule is CCCCOc1ccc(NNC(=O)CCCCNS(=O)(=O)C(C)C)cc1. The number of nitrogens with one attached hydrogen (secondary N) is 3. The van der Waals surface area contributed by atoms with Gasteiger partial charge in [-0.3, -0.25) is 15.6 Å². The fourth-order valence-corrected chi connectivity index (χ4v) is 2.73. The number of hydrogen-bond donors (Lipinski definition) is 3. The van der Waals surface area contributed by atoms with Crippen LogP contribution in [0.1, 0.15) is 52.9 Å². The summed E-state index contributed by atoms with van der Waals surface area (Å²) in [5.74, 6) is 0.666. The molecule has 0 radical (unpaired) electrons. The van der Waals surface area contributed by atoms with E-state index in [4.69, 9.17) is 4.74 Å². The largest absolute Gasteiger partial charge is 0.494 e. The third kappa shape index (κ3) is 9.05. The van der Waals surface area contributed by atoms with Gasteiger partial charge >= 0.3 is 0 Å². The van der Waals surface area contributed by atoms with E-state index in [-0.39, 0.29) is 5.91 Å². The smallest absolute Gasteiger partial charge is 0.238 e. The zero-order valence-electron chi connectivity index (χ0n) is 15.9. The maximum Gasteiger partial charge on any atom is 0.238 e. The van der Waals surface area contributed by atoms with Crippen molar-refractivity contribution in [1.82, 2.24) is 10.1 Å². The molecule has 148 valence electrons. The highest BCUT2D eigenvalue weighted by atomic mass is 32.2. The van der Waals surface area contributed by atoms with Crippen molar-refractivity contribution in [3.63, 3.8) is 0 Å². The van der Waals surface area contributed by atoms with Crippen molar-refractivity contribution in [2.24, 2.45) is 0 Å². The molecule has 0 heterocycles. The number of ether oxygens (including phenoxy) is 1. The quantitative estimate of drug-likeness (QED) is 0.358. The molecule has 0 spiro atoms. The van der Waals surface area contributed by atoms with E-state index < -0.39 is 15.3 Å². The number of benzene rings is 1. The maximum absolute atomic E-state index is 11.8. The van der Waals surface area contributed by atoms with Crippen molar-refractivity contribution < 1.29 is 17.9 Å². The molecule has 0 aliphatic rings. The van der Waals surface area contributed by atoms with Crippen LogP contribution in [-0.4, -0.2) is 32.7 Å². The van der Waals surface area contributed by atoms with E-state index in [0.29, 0.717) is 32.4 Å². The molecule has 1 aromatic carbocycles. The van der Waals surface area contributed by atoms with Crippen LogP contribution in [0.3, 0.4) is 0 Å². The van der Waals surface area contributed by atoms with E-state index in [2.05, 4.69) is 22.5 Å². The minimum atomic E-state index is -3.23. The predicted molar refractivity (Wildman–Crippen MR) is 105 cm³/mol. The summed E-state index contributed by atoms with van der Waals surface area (Å²) >= 11 is 0. The first-order valence-corrected chi connectivity index (χ1v) is 10.7. The number of amides is 1. The molecule has 1 amide bonds. The Bertz CT molecular complexity index is 630. The topological polar surface area (TPSA) is 96.5 Å². The summed E-state index contributed by atoms with van der Waals surface area (Å²) in [6.45, 7) is 6.42. The number of hydrazine groups is 1. The number of hydrogen-bond acceptors (Lipinski definition) is 5. The molecule has 0 saturated heterocycles. The fraction of sp³-hybridized carbons (Fsp3) is 0.611. The third-order valence-electron chi connectivity index (χ3n) is 3.72. The lowest BCUT2D eigenvalue weighted by Gasteiger charge is -2.11. The molecular formula is C18H31N3O4S. The average Bonchev–Trinajstić information content (AvgIpc) is 2.60. The molecule has 3 N–H and O–H groups in total. The third-order valence-corrected chi connectivity index (χ3v) is 5.57. The highest BCUT2D eigenvalue weighted by Gasteiger charge is 2.14. The Labute approximate surface area is 156 Å². The second kappa shape index (κ2) is 11.7. The first-order valence-electron chi connectivity index (χ1n) is 9.11. The number of rotatable bonds is 13. The second-order valence-electron chi connectivity index (χ2n) is 6.34. The van der Waals surface area contributed by atoms with Crippen LogP contribution in [0.5, 0.6) is 5.75 Å². The molecule has 26 heavy (non-hydrogen) atoms. The van der Waals surface area contributed by atoms with Gasteiger partial charge in [-0.2, -0.15) is 0 Å². The Morgan fingerprint density at radius 1 is 1.12 bits per heavy atom. The van der Waals surface area contributed by atoms with E-state index >= 15 is 0 Å². The van der Waals surface area contributed by atoms with Gasteiger partial charge in [0.25, 0.3) is 0 Å². The summed E-state index contributed by atoms with van der Waals surface area (Å²) in [4.78, 5) is 11.8. The van der Waals surface area contributed by atoms with Crippen molar-refractivity contribution in [2.45, 2.75) is 58.1 Å². The second-order valence-corrected chi connectivity index (χ2v) is 8.67. The van der Waals surface area contributed by atoms with E-state index in [1.54, 1.807) is 13.8 Å². The molecule has 0 atom stereocenters. The molecule has 0 fully saturated rings. The van der Waals surface area contributed by atoms with Gasteiger partial charge in [0.05, 0.1) is 17.5 Å². The van der Waals surface area contributed by atoms with Crippen LogP contribution >= 0.6 is 0 Å². The van der Waals surface area contributed by atoms with Crippen molar-refractivity contribution in [1.29, 1.82) is 0 Å². The highest BCUT2D eigenvalue weighted by molar-refractivity contribution is 7.90. The van der Waals surface area contributed by atoms with Crippen LogP contribution in [-0.2, 0) is 14.8 Å². The van der Waals surface area contributed by atoms with E-state index in [1.807, 2.05) is 24.3 Å². The molecule has 0 aliphatic heterocycles. The van der Waals surface area contributed by atoms with Crippen LogP contribution in [0.25, 0.3) is 0 Å². The number of anilines is 1. The molecule has 0 bridgehead atoms. The van der Waals surface area contributed by atoms with Crippen LogP contribution in [0.4, 0.5) is 5.69 Å². The van der Waals surface area contributed by atoms with Gasteiger partial charge in [-0.25, -0.2) is 13.1 Å². The molecule has 8 heteroatoms. The first kappa shape index (κ1) is 22.2. The van der Waals surface area contributed by atoms with Gasteiger partial charge in [0.1, 0.15) is 5.75 Å².